The number of amides is 1. The number of hydrogen-bond donors (Lipinski definition) is 1. The van der Waals surface area contributed by atoms with Crippen molar-refractivity contribution < 1.29 is 14.3 Å². The van der Waals surface area contributed by atoms with Crippen LogP contribution in [0.15, 0.2) is 39.2 Å². The van der Waals surface area contributed by atoms with E-state index in [0.29, 0.717) is 28.3 Å². The van der Waals surface area contributed by atoms with Gasteiger partial charge in [0.25, 0.3) is 5.56 Å². The van der Waals surface area contributed by atoms with Crippen LogP contribution in [0.5, 0.6) is 11.5 Å². The van der Waals surface area contributed by atoms with Crippen molar-refractivity contribution in [1.82, 2.24) is 14.5 Å². The number of carbonyl (C=O) groups is 1. The Labute approximate surface area is 157 Å². The molecule has 0 saturated carbocycles. The molecule has 0 unspecified atom stereocenters. The van der Waals surface area contributed by atoms with E-state index in [1.807, 2.05) is 0 Å². The molecule has 140 valence electrons. The zero-order valence-electron chi connectivity index (χ0n) is 14.6. The number of rotatable bonds is 5. The van der Waals surface area contributed by atoms with E-state index in [4.69, 9.17) is 9.47 Å². The number of nitrogens with one attached hydrogen (secondary N) is 1. The summed E-state index contributed by atoms with van der Waals surface area (Å²) in [5, 5.41) is 4.42. The van der Waals surface area contributed by atoms with Gasteiger partial charge < -0.3 is 14.8 Å². The predicted octanol–water partition coefficient (Wildman–Crippen LogP) is 1.14. The smallest absolute Gasteiger partial charge is 0.332 e. The highest BCUT2D eigenvalue weighted by Gasteiger charge is 2.18. The molecule has 3 aromatic rings. The molecule has 0 aliphatic carbocycles. The number of fused-ring (bicyclic) bond motifs is 2. The van der Waals surface area contributed by atoms with Crippen molar-refractivity contribution in [2.24, 2.45) is 0 Å². The Hall–Kier alpha value is -3.07. The van der Waals surface area contributed by atoms with Gasteiger partial charge in [0.1, 0.15) is 11.2 Å². The first-order chi connectivity index (χ1) is 13.1. The van der Waals surface area contributed by atoms with E-state index in [1.54, 1.807) is 36.6 Å². The molecule has 0 fully saturated rings. The monoisotopic (exact) mass is 387 g/mol. The molecule has 9 heteroatoms. The number of nitrogens with zero attached hydrogens (tertiary/aromatic N) is 2. The van der Waals surface area contributed by atoms with Gasteiger partial charge in [-0.15, -0.1) is 11.3 Å². The Kier molecular flexibility index (Phi) is 4.44. The highest BCUT2D eigenvalue weighted by atomic mass is 32.1. The summed E-state index contributed by atoms with van der Waals surface area (Å²) in [5.41, 5.74) is 0.326. The summed E-state index contributed by atoms with van der Waals surface area (Å²) in [6.45, 7) is 2.37. The number of benzene rings is 1. The maximum Gasteiger partial charge on any atom is 0.332 e. The fourth-order valence-electron chi connectivity index (χ4n) is 3.04. The third kappa shape index (κ3) is 3.10. The summed E-state index contributed by atoms with van der Waals surface area (Å²) in [4.78, 5) is 37.8. The molecule has 0 spiro atoms. The minimum absolute atomic E-state index is 0.0809. The van der Waals surface area contributed by atoms with Gasteiger partial charge in [0.15, 0.2) is 11.5 Å². The Morgan fingerprint density at radius 2 is 2.00 bits per heavy atom. The largest absolute Gasteiger partial charge is 0.454 e. The molecule has 1 amide bonds. The summed E-state index contributed by atoms with van der Waals surface area (Å²) in [6, 6.07) is 6.97. The number of likely N-dealkylation sites (N-methyl/N-ethyl adjacent to an activating group) is 1. The summed E-state index contributed by atoms with van der Waals surface area (Å²) >= 11 is 1.25. The van der Waals surface area contributed by atoms with E-state index in [1.165, 1.54) is 15.9 Å². The van der Waals surface area contributed by atoms with E-state index in [2.05, 4.69) is 5.32 Å². The van der Waals surface area contributed by atoms with Crippen molar-refractivity contribution in [3.8, 4) is 11.5 Å². The zero-order chi connectivity index (χ0) is 19.0. The number of thiophene rings is 1. The number of ether oxygens (including phenoxy) is 2. The second-order valence-electron chi connectivity index (χ2n) is 6.04. The van der Waals surface area contributed by atoms with Crippen molar-refractivity contribution in [3.05, 3.63) is 56.0 Å². The molecule has 8 nitrogen and oxygen atoms in total. The Balaban J connectivity index is 1.79. The maximum atomic E-state index is 13.0. The van der Waals surface area contributed by atoms with Gasteiger partial charge >= 0.3 is 5.69 Å². The highest BCUT2D eigenvalue weighted by Crippen LogP contribution is 2.32. The molecule has 1 N–H and O–H groups in total. The minimum Gasteiger partial charge on any atom is -0.454 e. The topological polar surface area (TPSA) is 91.6 Å². The second kappa shape index (κ2) is 6.92. The standard InChI is InChI=1S/C18H17N3O5S/c1-2-19-15(22)9-20-12-5-6-27-16(12)17(23)21(18(20)24)8-11-3-4-13-14(7-11)26-10-25-13/h3-7H,2,8-10H2,1H3,(H,19,22). The molecule has 0 bridgehead atoms. The van der Waals surface area contributed by atoms with Crippen molar-refractivity contribution in [2.75, 3.05) is 13.3 Å². The lowest BCUT2D eigenvalue weighted by Crippen LogP contribution is -2.42. The van der Waals surface area contributed by atoms with E-state index < -0.39 is 5.69 Å². The van der Waals surface area contributed by atoms with Gasteiger partial charge in [-0.2, -0.15) is 0 Å². The molecule has 27 heavy (non-hydrogen) atoms. The molecule has 0 radical (unpaired) electrons. The normalized spacial score (nSPS) is 12.5. The third-order valence-corrected chi connectivity index (χ3v) is 5.18. The van der Waals surface area contributed by atoms with E-state index in [9.17, 15) is 14.4 Å². The van der Waals surface area contributed by atoms with Crippen molar-refractivity contribution in [3.63, 3.8) is 0 Å². The lowest BCUT2D eigenvalue weighted by Gasteiger charge is -2.12. The van der Waals surface area contributed by atoms with Crippen LogP contribution in [0, 0.1) is 0 Å². The van der Waals surface area contributed by atoms with Gasteiger partial charge in [0.05, 0.1) is 12.1 Å². The van der Waals surface area contributed by atoms with Gasteiger partial charge in [0.2, 0.25) is 12.7 Å². The Morgan fingerprint density at radius 1 is 1.19 bits per heavy atom. The van der Waals surface area contributed by atoms with Crippen molar-refractivity contribution in [1.29, 1.82) is 0 Å². The van der Waals surface area contributed by atoms with Crippen LogP contribution in [0.25, 0.3) is 10.2 Å². The van der Waals surface area contributed by atoms with Gasteiger partial charge in [-0.1, -0.05) is 6.07 Å². The second-order valence-corrected chi connectivity index (χ2v) is 6.95. The van der Waals surface area contributed by atoms with Gasteiger partial charge in [-0.05, 0) is 36.1 Å². The Morgan fingerprint density at radius 3 is 2.81 bits per heavy atom. The first kappa shape index (κ1) is 17.3. The minimum atomic E-state index is -0.519. The number of hydrogen-bond acceptors (Lipinski definition) is 6. The fraction of sp³-hybridized carbons (Fsp3) is 0.278. The van der Waals surface area contributed by atoms with Crippen LogP contribution in [0.2, 0.25) is 0 Å². The van der Waals surface area contributed by atoms with Crippen LogP contribution in [0.3, 0.4) is 0 Å². The fourth-order valence-corrected chi connectivity index (χ4v) is 3.89. The number of carbonyl (C=O) groups excluding carboxylic acids is 1. The average Bonchev–Trinajstić information content (AvgIpc) is 3.31. The molecular formula is C18H17N3O5S. The quantitative estimate of drug-likeness (QED) is 0.709. The van der Waals surface area contributed by atoms with E-state index in [-0.39, 0.29) is 31.3 Å². The summed E-state index contributed by atoms with van der Waals surface area (Å²) in [6.07, 6.45) is 0. The van der Waals surface area contributed by atoms with Crippen LogP contribution in [0.4, 0.5) is 0 Å². The van der Waals surface area contributed by atoms with Gasteiger partial charge in [0, 0.05) is 6.54 Å². The maximum absolute atomic E-state index is 13.0. The van der Waals surface area contributed by atoms with Crippen molar-refractivity contribution in [2.45, 2.75) is 20.0 Å². The van der Waals surface area contributed by atoms with E-state index in [0.717, 1.165) is 10.1 Å². The van der Waals surface area contributed by atoms with Crippen LogP contribution < -0.4 is 26.0 Å². The molecule has 1 aromatic carbocycles. The molecule has 4 rings (SSSR count). The molecule has 3 heterocycles. The molecule has 2 aromatic heterocycles. The van der Waals surface area contributed by atoms with Gasteiger partial charge in [-0.3, -0.25) is 18.7 Å². The lowest BCUT2D eigenvalue weighted by atomic mass is 10.2. The van der Waals surface area contributed by atoms with Gasteiger partial charge in [-0.25, -0.2) is 4.79 Å². The van der Waals surface area contributed by atoms with Crippen LogP contribution >= 0.6 is 11.3 Å². The molecular weight excluding hydrogens is 370 g/mol. The first-order valence-electron chi connectivity index (χ1n) is 8.44. The molecule has 0 atom stereocenters. The third-order valence-electron chi connectivity index (χ3n) is 4.29. The zero-order valence-corrected chi connectivity index (χ0v) is 15.4. The van der Waals surface area contributed by atoms with E-state index >= 15 is 0 Å². The molecule has 0 saturated heterocycles. The summed E-state index contributed by atoms with van der Waals surface area (Å²) in [5.74, 6) is 0.939. The SMILES string of the molecule is CCNC(=O)Cn1c(=O)n(Cc2ccc3c(c2)OCO3)c(=O)c2sccc21. The predicted molar refractivity (Wildman–Crippen MR) is 101 cm³/mol. The summed E-state index contributed by atoms with van der Waals surface area (Å²) < 4.78 is 13.6. The first-order valence-corrected chi connectivity index (χ1v) is 9.32. The van der Waals surface area contributed by atoms with Crippen LogP contribution in [0.1, 0.15) is 12.5 Å². The Bertz CT molecular complexity index is 1140. The lowest BCUT2D eigenvalue weighted by molar-refractivity contribution is -0.121. The molecule has 1 aliphatic heterocycles. The number of aromatic nitrogens is 2. The van der Waals surface area contributed by atoms with Crippen LogP contribution in [-0.4, -0.2) is 28.4 Å². The summed E-state index contributed by atoms with van der Waals surface area (Å²) in [7, 11) is 0. The molecule has 1 aliphatic rings. The van der Waals surface area contributed by atoms with Crippen molar-refractivity contribution >= 4 is 27.5 Å². The highest BCUT2D eigenvalue weighted by molar-refractivity contribution is 7.17. The van der Waals surface area contributed by atoms with Crippen LogP contribution in [-0.2, 0) is 17.9 Å². The average molecular weight is 387 g/mol.